The molecule has 1 aliphatic carbocycles. The number of fused-ring (bicyclic) bond motifs is 4. The molecule has 0 saturated heterocycles. The molecule has 2 aliphatic rings. The fourth-order valence-electron chi connectivity index (χ4n) is 4.31. The molecule has 2 aromatic carbocycles. The highest BCUT2D eigenvalue weighted by molar-refractivity contribution is 5.95. The number of aliphatic carboxylic acids is 1. The van der Waals surface area contributed by atoms with E-state index >= 15 is 0 Å². The van der Waals surface area contributed by atoms with E-state index in [1.54, 1.807) is 0 Å². The molecule has 0 aromatic heterocycles. The Balaban J connectivity index is 1.62. The first-order valence-corrected chi connectivity index (χ1v) is 9.55. The molecule has 0 amide bonds. The molecule has 0 radical (unpaired) electrons. The minimum atomic E-state index is -0.692. The van der Waals surface area contributed by atoms with Crippen LogP contribution in [0.4, 0.5) is 0 Å². The van der Waals surface area contributed by atoms with Crippen molar-refractivity contribution in [3.63, 3.8) is 0 Å². The summed E-state index contributed by atoms with van der Waals surface area (Å²) in [6.45, 7) is 3.00. The van der Waals surface area contributed by atoms with Gasteiger partial charge in [-0.25, -0.2) is 0 Å². The maximum Gasteiger partial charge on any atom is 0.303 e. The smallest absolute Gasteiger partial charge is 0.303 e. The van der Waals surface area contributed by atoms with Crippen molar-refractivity contribution in [1.82, 2.24) is 4.90 Å². The Morgan fingerprint density at radius 1 is 0.923 bits per heavy atom. The Labute approximate surface area is 155 Å². The van der Waals surface area contributed by atoms with Gasteiger partial charge < -0.3 is 5.11 Å². The summed E-state index contributed by atoms with van der Waals surface area (Å²) < 4.78 is 0. The van der Waals surface area contributed by atoms with Gasteiger partial charge in [-0.05, 0) is 65.6 Å². The normalized spacial score (nSPS) is 16.5. The molecule has 4 rings (SSSR count). The first-order valence-electron chi connectivity index (χ1n) is 9.55. The van der Waals surface area contributed by atoms with Gasteiger partial charge in [0.05, 0.1) is 0 Å². The van der Waals surface area contributed by atoms with Gasteiger partial charge in [0, 0.05) is 19.5 Å². The van der Waals surface area contributed by atoms with Gasteiger partial charge in [-0.1, -0.05) is 48.5 Å². The Morgan fingerprint density at radius 3 is 2.27 bits per heavy atom. The van der Waals surface area contributed by atoms with Gasteiger partial charge in [-0.15, -0.1) is 0 Å². The number of hydrogen-bond acceptors (Lipinski definition) is 2. The number of unbranched alkanes of at least 4 members (excludes halogenated alkanes) is 1. The molecule has 0 fully saturated rings. The lowest BCUT2D eigenvalue weighted by molar-refractivity contribution is -0.137. The summed E-state index contributed by atoms with van der Waals surface area (Å²) in [7, 11) is 0. The summed E-state index contributed by atoms with van der Waals surface area (Å²) in [6.07, 6.45) is 4.06. The highest BCUT2D eigenvalue weighted by Gasteiger charge is 2.26. The minimum Gasteiger partial charge on any atom is -0.481 e. The van der Waals surface area contributed by atoms with E-state index in [0.29, 0.717) is 0 Å². The molecule has 0 saturated carbocycles. The molecular formula is C23H25NO2. The van der Waals surface area contributed by atoms with Crippen molar-refractivity contribution in [1.29, 1.82) is 0 Å². The molecule has 0 unspecified atom stereocenters. The van der Waals surface area contributed by atoms with E-state index in [4.69, 9.17) is 5.11 Å². The highest BCUT2D eigenvalue weighted by atomic mass is 16.4. The van der Waals surface area contributed by atoms with Crippen LogP contribution >= 0.6 is 0 Å². The van der Waals surface area contributed by atoms with Crippen LogP contribution in [0.2, 0.25) is 0 Å². The SMILES string of the molecule is O=C(O)CCCCN1CCC2=C(C1)c1ccccc1Cc1ccccc12. The fraction of sp³-hybridized carbons (Fsp3) is 0.348. The van der Waals surface area contributed by atoms with Gasteiger partial charge in [-0.2, -0.15) is 0 Å². The predicted octanol–water partition coefficient (Wildman–Crippen LogP) is 4.46. The van der Waals surface area contributed by atoms with E-state index in [2.05, 4.69) is 53.4 Å². The zero-order chi connectivity index (χ0) is 17.9. The van der Waals surface area contributed by atoms with E-state index in [0.717, 1.165) is 45.3 Å². The van der Waals surface area contributed by atoms with E-state index in [9.17, 15) is 4.79 Å². The first kappa shape index (κ1) is 17.0. The van der Waals surface area contributed by atoms with Crippen molar-refractivity contribution in [2.45, 2.75) is 32.1 Å². The van der Waals surface area contributed by atoms with Crippen molar-refractivity contribution in [2.24, 2.45) is 0 Å². The lowest BCUT2D eigenvalue weighted by Gasteiger charge is -2.31. The van der Waals surface area contributed by atoms with Crippen LogP contribution in [-0.2, 0) is 11.2 Å². The second-order valence-corrected chi connectivity index (χ2v) is 7.33. The van der Waals surface area contributed by atoms with Crippen LogP contribution in [0.25, 0.3) is 11.1 Å². The van der Waals surface area contributed by atoms with Gasteiger partial charge in [0.2, 0.25) is 0 Å². The minimum absolute atomic E-state index is 0.276. The van der Waals surface area contributed by atoms with Crippen LogP contribution in [0, 0.1) is 0 Å². The molecule has 0 bridgehead atoms. The van der Waals surface area contributed by atoms with Gasteiger partial charge in [0.1, 0.15) is 0 Å². The second-order valence-electron chi connectivity index (χ2n) is 7.33. The van der Waals surface area contributed by atoms with E-state index in [1.165, 1.54) is 33.4 Å². The summed E-state index contributed by atoms with van der Waals surface area (Å²) in [6, 6.07) is 17.6. The Morgan fingerprint density at radius 2 is 1.58 bits per heavy atom. The quantitative estimate of drug-likeness (QED) is 0.812. The highest BCUT2D eigenvalue weighted by Crippen LogP contribution is 2.40. The molecule has 1 heterocycles. The third-order valence-electron chi connectivity index (χ3n) is 5.60. The van der Waals surface area contributed by atoms with Crippen LogP contribution < -0.4 is 0 Å². The molecule has 0 atom stereocenters. The Hall–Kier alpha value is -2.39. The van der Waals surface area contributed by atoms with Crippen LogP contribution in [0.1, 0.15) is 47.9 Å². The summed E-state index contributed by atoms with van der Waals surface area (Å²) in [4.78, 5) is 13.2. The number of hydrogen-bond donors (Lipinski definition) is 1. The van der Waals surface area contributed by atoms with E-state index < -0.39 is 5.97 Å². The predicted molar refractivity (Wildman–Crippen MR) is 105 cm³/mol. The van der Waals surface area contributed by atoms with Crippen molar-refractivity contribution in [3.8, 4) is 0 Å². The number of rotatable bonds is 5. The third kappa shape index (κ3) is 3.45. The molecule has 1 N–H and O–H groups in total. The molecule has 26 heavy (non-hydrogen) atoms. The number of carboxylic acids is 1. The third-order valence-corrected chi connectivity index (χ3v) is 5.60. The maximum absolute atomic E-state index is 10.7. The van der Waals surface area contributed by atoms with E-state index in [1.807, 2.05) is 0 Å². The molecular weight excluding hydrogens is 322 g/mol. The molecule has 2 aromatic rings. The fourth-order valence-corrected chi connectivity index (χ4v) is 4.31. The van der Waals surface area contributed by atoms with Crippen molar-refractivity contribution >= 4 is 17.1 Å². The van der Waals surface area contributed by atoms with Crippen LogP contribution in [0.15, 0.2) is 48.5 Å². The van der Waals surface area contributed by atoms with Gasteiger partial charge in [0.15, 0.2) is 0 Å². The zero-order valence-electron chi connectivity index (χ0n) is 15.1. The number of carbonyl (C=O) groups is 1. The second kappa shape index (κ2) is 7.46. The molecule has 3 heteroatoms. The monoisotopic (exact) mass is 347 g/mol. The maximum atomic E-state index is 10.7. The standard InChI is InChI=1S/C23H25NO2/c25-23(26)11-5-6-13-24-14-12-21-19-9-3-1-7-17(19)15-18-8-2-4-10-20(18)22(21)16-24/h1-4,7-10H,5-6,11-16H2,(H,25,26). The van der Waals surface area contributed by atoms with Crippen LogP contribution in [0.5, 0.6) is 0 Å². The molecule has 0 spiro atoms. The van der Waals surface area contributed by atoms with Crippen molar-refractivity contribution < 1.29 is 9.90 Å². The molecule has 3 nitrogen and oxygen atoms in total. The van der Waals surface area contributed by atoms with Crippen molar-refractivity contribution in [2.75, 3.05) is 19.6 Å². The van der Waals surface area contributed by atoms with Crippen LogP contribution in [-0.4, -0.2) is 35.6 Å². The van der Waals surface area contributed by atoms with Crippen molar-refractivity contribution in [3.05, 3.63) is 70.8 Å². The lowest BCUT2D eigenvalue weighted by Crippen LogP contribution is -2.32. The van der Waals surface area contributed by atoms with Gasteiger partial charge >= 0.3 is 5.97 Å². The molecule has 134 valence electrons. The number of benzene rings is 2. The number of carboxylic acid groups (broad SMARTS) is 1. The summed E-state index contributed by atoms with van der Waals surface area (Å²) in [5.41, 5.74) is 8.64. The van der Waals surface area contributed by atoms with Gasteiger partial charge in [-0.3, -0.25) is 9.69 Å². The largest absolute Gasteiger partial charge is 0.481 e. The van der Waals surface area contributed by atoms with E-state index in [-0.39, 0.29) is 6.42 Å². The molecule has 1 aliphatic heterocycles. The Kier molecular flexibility index (Phi) is 4.89. The van der Waals surface area contributed by atoms with Crippen LogP contribution in [0.3, 0.4) is 0 Å². The summed E-state index contributed by atoms with van der Waals surface area (Å²) in [5.74, 6) is -0.692. The average Bonchev–Trinajstić information content (AvgIpc) is 2.79. The van der Waals surface area contributed by atoms with Gasteiger partial charge in [0.25, 0.3) is 0 Å². The average molecular weight is 347 g/mol. The number of nitrogens with zero attached hydrogens (tertiary/aromatic N) is 1. The summed E-state index contributed by atoms with van der Waals surface area (Å²) >= 11 is 0. The summed E-state index contributed by atoms with van der Waals surface area (Å²) in [5, 5.41) is 8.82. The topological polar surface area (TPSA) is 40.5 Å². The zero-order valence-corrected chi connectivity index (χ0v) is 15.1. The Bertz CT molecular complexity index is 853. The lowest BCUT2D eigenvalue weighted by atomic mass is 9.89. The first-order chi connectivity index (χ1) is 12.7.